The van der Waals surface area contributed by atoms with Crippen LogP contribution in [0, 0.1) is 0 Å². The topological polar surface area (TPSA) is 53.1 Å². The molecule has 0 unspecified atom stereocenters. The van der Waals surface area contributed by atoms with Gasteiger partial charge in [-0.25, -0.2) is 4.98 Å². The van der Waals surface area contributed by atoms with Crippen LogP contribution in [0.15, 0.2) is 36.5 Å². The predicted molar refractivity (Wildman–Crippen MR) is 92.8 cm³/mol. The first kappa shape index (κ1) is 16.2. The van der Waals surface area contributed by atoms with E-state index in [0.29, 0.717) is 5.95 Å². The highest BCUT2D eigenvalue weighted by atomic mass is 15.1. The van der Waals surface area contributed by atoms with Crippen molar-refractivity contribution in [2.45, 2.75) is 19.8 Å². The molecule has 2 N–H and O–H groups in total. The Morgan fingerprint density at radius 2 is 1.86 bits per heavy atom. The molecule has 1 heterocycles. The van der Waals surface area contributed by atoms with E-state index in [-0.39, 0.29) is 0 Å². The van der Waals surface area contributed by atoms with E-state index >= 15 is 0 Å². The number of hydrogen-bond donors (Lipinski definition) is 2. The van der Waals surface area contributed by atoms with Gasteiger partial charge in [-0.2, -0.15) is 4.98 Å². The van der Waals surface area contributed by atoms with Crippen LogP contribution in [0.3, 0.4) is 0 Å². The molecule has 0 radical (unpaired) electrons. The molecule has 5 nitrogen and oxygen atoms in total. The summed E-state index contributed by atoms with van der Waals surface area (Å²) in [6.45, 7) is 4.11. The summed E-state index contributed by atoms with van der Waals surface area (Å²) in [5.74, 6) is 1.46. The molecule has 1 aromatic heterocycles. The van der Waals surface area contributed by atoms with E-state index in [9.17, 15) is 0 Å². The van der Waals surface area contributed by atoms with Gasteiger partial charge in [0, 0.05) is 18.4 Å². The van der Waals surface area contributed by atoms with Gasteiger partial charge in [-0.1, -0.05) is 19.1 Å². The van der Waals surface area contributed by atoms with Crippen molar-refractivity contribution >= 4 is 17.5 Å². The molecule has 0 aliphatic carbocycles. The van der Waals surface area contributed by atoms with Crippen LogP contribution < -0.4 is 10.6 Å². The third-order valence-corrected chi connectivity index (χ3v) is 3.36. The largest absolute Gasteiger partial charge is 0.370 e. The maximum atomic E-state index is 4.48. The molecule has 0 aliphatic heterocycles. The van der Waals surface area contributed by atoms with Crippen molar-refractivity contribution in [3.05, 3.63) is 42.1 Å². The Bertz CT molecular complexity index is 566. The van der Waals surface area contributed by atoms with Crippen molar-refractivity contribution in [2.24, 2.45) is 0 Å². The van der Waals surface area contributed by atoms with Gasteiger partial charge in [0.05, 0.1) is 0 Å². The fraction of sp³-hybridized carbons (Fsp3) is 0.412. The Balaban J connectivity index is 1.90. The lowest BCUT2D eigenvalue weighted by Gasteiger charge is -2.11. The molecule has 22 heavy (non-hydrogen) atoms. The Kier molecular flexibility index (Phi) is 6.15. The molecule has 0 aliphatic rings. The Labute approximate surface area is 132 Å². The van der Waals surface area contributed by atoms with Gasteiger partial charge in [0.1, 0.15) is 5.82 Å². The number of anilines is 3. The molecule has 1 aromatic carbocycles. The van der Waals surface area contributed by atoms with Crippen LogP contribution in [0.5, 0.6) is 0 Å². The fourth-order valence-corrected chi connectivity index (χ4v) is 2.08. The van der Waals surface area contributed by atoms with Gasteiger partial charge in [-0.3, -0.25) is 0 Å². The van der Waals surface area contributed by atoms with E-state index in [2.05, 4.69) is 70.8 Å². The third kappa shape index (κ3) is 5.33. The summed E-state index contributed by atoms with van der Waals surface area (Å²) in [4.78, 5) is 10.9. The molecule has 0 spiro atoms. The van der Waals surface area contributed by atoms with E-state index in [4.69, 9.17) is 0 Å². The van der Waals surface area contributed by atoms with E-state index in [1.54, 1.807) is 6.20 Å². The van der Waals surface area contributed by atoms with Gasteiger partial charge >= 0.3 is 0 Å². The zero-order valence-electron chi connectivity index (χ0n) is 13.6. The van der Waals surface area contributed by atoms with Crippen molar-refractivity contribution in [3.63, 3.8) is 0 Å². The highest BCUT2D eigenvalue weighted by molar-refractivity contribution is 5.55. The van der Waals surface area contributed by atoms with Crippen molar-refractivity contribution in [1.29, 1.82) is 0 Å². The lowest BCUT2D eigenvalue weighted by atomic mass is 10.1. The summed E-state index contributed by atoms with van der Waals surface area (Å²) in [5.41, 5.74) is 2.32. The van der Waals surface area contributed by atoms with E-state index in [0.717, 1.165) is 37.4 Å². The molecular weight excluding hydrogens is 274 g/mol. The molecule has 0 saturated heterocycles. The molecule has 2 rings (SSSR count). The van der Waals surface area contributed by atoms with Crippen molar-refractivity contribution in [2.75, 3.05) is 37.8 Å². The van der Waals surface area contributed by atoms with Crippen molar-refractivity contribution in [1.82, 2.24) is 14.9 Å². The van der Waals surface area contributed by atoms with Gasteiger partial charge in [0.15, 0.2) is 0 Å². The van der Waals surface area contributed by atoms with Gasteiger partial charge in [0.25, 0.3) is 0 Å². The monoisotopic (exact) mass is 299 g/mol. The van der Waals surface area contributed by atoms with E-state index < -0.39 is 0 Å². The minimum Gasteiger partial charge on any atom is -0.370 e. The summed E-state index contributed by atoms with van der Waals surface area (Å²) in [5, 5.41) is 6.56. The summed E-state index contributed by atoms with van der Waals surface area (Å²) in [6.07, 6.45) is 3.89. The minimum absolute atomic E-state index is 0.613. The average molecular weight is 299 g/mol. The van der Waals surface area contributed by atoms with Crippen molar-refractivity contribution < 1.29 is 0 Å². The average Bonchev–Trinajstić information content (AvgIpc) is 2.52. The number of aryl methyl sites for hydroxylation is 1. The van der Waals surface area contributed by atoms with Gasteiger partial charge in [0.2, 0.25) is 5.95 Å². The Morgan fingerprint density at radius 1 is 1.09 bits per heavy atom. The second-order valence-electron chi connectivity index (χ2n) is 5.52. The minimum atomic E-state index is 0.613. The summed E-state index contributed by atoms with van der Waals surface area (Å²) in [6, 6.07) is 10.2. The van der Waals surface area contributed by atoms with Gasteiger partial charge in [-0.15, -0.1) is 0 Å². The number of benzene rings is 1. The zero-order chi connectivity index (χ0) is 15.8. The number of nitrogens with one attached hydrogen (secondary N) is 2. The molecule has 2 aromatic rings. The summed E-state index contributed by atoms with van der Waals surface area (Å²) >= 11 is 0. The standard InChI is InChI=1S/C17H25N5/c1-4-14-6-8-15(9-7-14)20-17-19-12-10-16(21-17)18-11-5-13-22(2)3/h6-10,12H,4-5,11,13H2,1-3H3,(H2,18,19,20,21). The number of hydrogen-bond acceptors (Lipinski definition) is 5. The van der Waals surface area contributed by atoms with Crippen LogP contribution >= 0.6 is 0 Å². The third-order valence-electron chi connectivity index (χ3n) is 3.36. The summed E-state index contributed by atoms with van der Waals surface area (Å²) in [7, 11) is 4.16. The molecule has 0 atom stereocenters. The fourth-order valence-electron chi connectivity index (χ4n) is 2.08. The molecule has 5 heteroatoms. The van der Waals surface area contributed by atoms with Crippen LogP contribution in [-0.4, -0.2) is 42.1 Å². The Hall–Kier alpha value is -2.14. The second kappa shape index (κ2) is 8.34. The van der Waals surface area contributed by atoms with E-state index in [1.807, 2.05) is 6.07 Å². The van der Waals surface area contributed by atoms with Crippen LogP contribution in [0.1, 0.15) is 18.9 Å². The number of rotatable bonds is 8. The van der Waals surface area contributed by atoms with Crippen molar-refractivity contribution in [3.8, 4) is 0 Å². The number of nitrogens with zero attached hydrogens (tertiary/aromatic N) is 3. The van der Waals surface area contributed by atoms with Crippen LogP contribution in [0.25, 0.3) is 0 Å². The number of aromatic nitrogens is 2. The molecular formula is C17H25N5. The molecule has 118 valence electrons. The highest BCUT2D eigenvalue weighted by Crippen LogP contribution is 2.15. The lowest BCUT2D eigenvalue weighted by Crippen LogP contribution is -2.16. The van der Waals surface area contributed by atoms with Crippen LogP contribution in [0.2, 0.25) is 0 Å². The van der Waals surface area contributed by atoms with Crippen LogP contribution in [0.4, 0.5) is 17.5 Å². The van der Waals surface area contributed by atoms with Gasteiger partial charge in [-0.05, 0) is 57.2 Å². The summed E-state index contributed by atoms with van der Waals surface area (Å²) < 4.78 is 0. The zero-order valence-corrected chi connectivity index (χ0v) is 13.6. The quantitative estimate of drug-likeness (QED) is 0.733. The maximum Gasteiger partial charge on any atom is 0.229 e. The molecule has 0 saturated carbocycles. The highest BCUT2D eigenvalue weighted by Gasteiger charge is 2.00. The first-order valence-corrected chi connectivity index (χ1v) is 7.75. The molecule has 0 amide bonds. The van der Waals surface area contributed by atoms with E-state index in [1.165, 1.54) is 5.56 Å². The normalized spacial score (nSPS) is 10.7. The lowest BCUT2D eigenvalue weighted by molar-refractivity contribution is 0.405. The predicted octanol–water partition coefficient (Wildman–Crippen LogP) is 3.15. The van der Waals surface area contributed by atoms with Gasteiger partial charge < -0.3 is 15.5 Å². The smallest absolute Gasteiger partial charge is 0.229 e. The Morgan fingerprint density at radius 3 is 2.55 bits per heavy atom. The molecule has 0 fully saturated rings. The SMILES string of the molecule is CCc1ccc(Nc2nccc(NCCCN(C)C)n2)cc1. The first-order chi connectivity index (χ1) is 10.7. The van der Waals surface area contributed by atoms with Crippen LogP contribution in [-0.2, 0) is 6.42 Å². The maximum absolute atomic E-state index is 4.48. The molecule has 0 bridgehead atoms. The first-order valence-electron chi connectivity index (χ1n) is 7.75. The second-order valence-corrected chi connectivity index (χ2v) is 5.52.